The predicted octanol–water partition coefficient (Wildman–Crippen LogP) is 3.70. The SMILES string of the molecule is CCCC[SH+]CCCC.F[B-](F)(F)F. The van der Waals surface area contributed by atoms with E-state index in [4.69, 9.17) is 0 Å². The van der Waals surface area contributed by atoms with Crippen molar-refractivity contribution in [2.24, 2.45) is 0 Å². The maximum absolute atomic E-state index is 9.75. The van der Waals surface area contributed by atoms with Crippen LogP contribution in [0.1, 0.15) is 39.5 Å². The van der Waals surface area contributed by atoms with Crippen molar-refractivity contribution in [2.45, 2.75) is 39.5 Å². The van der Waals surface area contributed by atoms with Crippen LogP contribution in [0.4, 0.5) is 17.3 Å². The van der Waals surface area contributed by atoms with Gasteiger partial charge in [0, 0.05) is 0 Å². The maximum atomic E-state index is 9.75. The van der Waals surface area contributed by atoms with Crippen molar-refractivity contribution in [2.75, 3.05) is 11.5 Å². The number of hydrogen-bond acceptors (Lipinski definition) is 0. The summed E-state index contributed by atoms with van der Waals surface area (Å²) >= 11 is 1.67. The van der Waals surface area contributed by atoms with E-state index >= 15 is 0 Å². The van der Waals surface area contributed by atoms with Gasteiger partial charge in [-0.15, -0.1) is 0 Å². The number of thiol groups is 1. The molecule has 0 nitrogen and oxygen atoms in total. The molecule has 6 heteroatoms. The van der Waals surface area contributed by atoms with Crippen molar-refractivity contribution in [3.8, 4) is 0 Å². The van der Waals surface area contributed by atoms with Crippen LogP contribution in [0.2, 0.25) is 0 Å². The van der Waals surface area contributed by atoms with Crippen LogP contribution in [-0.4, -0.2) is 18.8 Å². The van der Waals surface area contributed by atoms with Gasteiger partial charge in [0.1, 0.15) is 11.5 Å². The van der Waals surface area contributed by atoms with Crippen LogP contribution >= 0.6 is 0 Å². The monoisotopic (exact) mass is 234 g/mol. The summed E-state index contributed by atoms with van der Waals surface area (Å²) in [6, 6.07) is 0. The maximum Gasteiger partial charge on any atom is 0.673 e. The average molecular weight is 234 g/mol. The second-order valence-corrected chi connectivity index (χ2v) is 4.21. The molecule has 0 spiro atoms. The third kappa shape index (κ3) is 40.0. The smallest absolute Gasteiger partial charge is 0.418 e. The molecule has 0 bridgehead atoms. The molecule has 0 saturated heterocycles. The molecule has 0 aromatic rings. The van der Waals surface area contributed by atoms with Crippen LogP contribution in [-0.2, 0) is 11.8 Å². The fourth-order valence-electron chi connectivity index (χ4n) is 0.652. The fourth-order valence-corrected chi connectivity index (χ4v) is 1.95. The highest BCUT2D eigenvalue weighted by molar-refractivity contribution is 7.78. The Balaban J connectivity index is 0. The normalized spacial score (nSPS) is 10.7. The van der Waals surface area contributed by atoms with E-state index in [1.165, 1.54) is 37.2 Å². The Bertz CT molecular complexity index is 96.0. The topological polar surface area (TPSA) is 0 Å². The van der Waals surface area contributed by atoms with Crippen LogP contribution < -0.4 is 0 Å². The first-order valence-corrected chi connectivity index (χ1v) is 6.18. The van der Waals surface area contributed by atoms with Crippen molar-refractivity contribution in [1.82, 2.24) is 0 Å². The van der Waals surface area contributed by atoms with Gasteiger partial charge in [-0.2, -0.15) is 0 Å². The second-order valence-electron chi connectivity index (χ2n) is 2.87. The van der Waals surface area contributed by atoms with E-state index in [1.807, 2.05) is 0 Å². The summed E-state index contributed by atoms with van der Waals surface area (Å²) in [5, 5.41) is 0. The van der Waals surface area contributed by atoms with Gasteiger partial charge < -0.3 is 17.3 Å². The lowest BCUT2D eigenvalue weighted by Crippen LogP contribution is -2.02. The van der Waals surface area contributed by atoms with Crippen molar-refractivity contribution in [1.29, 1.82) is 0 Å². The van der Waals surface area contributed by atoms with Crippen molar-refractivity contribution >= 4 is 19.0 Å². The van der Waals surface area contributed by atoms with Crippen LogP contribution in [0.3, 0.4) is 0 Å². The Labute approximate surface area is 87.9 Å². The molecule has 0 fully saturated rings. The Morgan fingerprint density at radius 3 is 1.36 bits per heavy atom. The molecule has 0 aliphatic rings. The van der Waals surface area contributed by atoms with Crippen LogP contribution in [0, 0.1) is 0 Å². The third-order valence-corrected chi connectivity index (χ3v) is 2.60. The molecule has 14 heavy (non-hydrogen) atoms. The summed E-state index contributed by atoms with van der Waals surface area (Å²) in [4.78, 5) is 0. The number of rotatable bonds is 6. The van der Waals surface area contributed by atoms with Gasteiger partial charge >= 0.3 is 7.25 Å². The van der Waals surface area contributed by atoms with Crippen molar-refractivity contribution in [3.05, 3.63) is 0 Å². The minimum atomic E-state index is -6.00. The quantitative estimate of drug-likeness (QED) is 0.216. The average Bonchev–Trinajstić information content (AvgIpc) is 2.01. The van der Waals surface area contributed by atoms with E-state index in [-0.39, 0.29) is 0 Å². The van der Waals surface area contributed by atoms with E-state index < -0.39 is 7.25 Å². The molecule has 0 aliphatic carbocycles. The van der Waals surface area contributed by atoms with E-state index in [1.54, 1.807) is 11.8 Å². The van der Waals surface area contributed by atoms with E-state index in [0.29, 0.717) is 0 Å². The Hall–Kier alpha value is 0.135. The summed E-state index contributed by atoms with van der Waals surface area (Å²) in [7, 11) is -6.00. The van der Waals surface area contributed by atoms with E-state index in [0.717, 1.165) is 0 Å². The molecular weight excluding hydrogens is 215 g/mol. The van der Waals surface area contributed by atoms with Gasteiger partial charge in [-0.1, -0.05) is 26.7 Å². The van der Waals surface area contributed by atoms with Crippen molar-refractivity contribution in [3.63, 3.8) is 0 Å². The highest BCUT2D eigenvalue weighted by atomic mass is 32.2. The minimum absolute atomic E-state index is 1.36. The zero-order valence-corrected chi connectivity index (χ0v) is 9.67. The first-order valence-electron chi connectivity index (χ1n) is 4.92. The first-order chi connectivity index (χ1) is 6.41. The fraction of sp³-hybridized carbons (Fsp3) is 1.00. The Morgan fingerprint density at radius 1 is 0.857 bits per heavy atom. The van der Waals surface area contributed by atoms with Crippen molar-refractivity contribution < 1.29 is 17.3 Å². The number of halogens is 4. The van der Waals surface area contributed by atoms with Gasteiger partial charge in [0.05, 0.1) is 0 Å². The zero-order valence-electron chi connectivity index (χ0n) is 8.78. The summed E-state index contributed by atoms with van der Waals surface area (Å²) in [6.45, 7) is 4.52. The number of unbranched alkanes of at least 4 members (excludes halogenated alkanes) is 2. The lowest BCUT2D eigenvalue weighted by atomic mass is 10.3. The molecule has 0 radical (unpaired) electrons. The summed E-state index contributed by atoms with van der Waals surface area (Å²) < 4.78 is 39.0. The predicted molar refractivity (Wildman–Crippen MR) is 58.5 cm³/mol. The molecule has 0 aromatic carbocycles. The first kappa shape index (κ1) is 16.6. The molecule has 88 valence electrons. The molecule has 0 N–H and O–H groups in total. The van der Waals surface area contributed by atoms with Gasteiger partial charge in [0.2, 0.25) is 0 Å². The molecule has 0 saturated carbocycles. The lowest BCUT2D eigenvalue weighted by molar-refractivity contribution is 0.368. The van der Waals surface area contributed by atoms with Gasteiger partial charge in [-0.25, -0.2) is 0 Å². The van der Waals surface area contributed by atoms with Gasteiger partial charge in [-0.05, 0) is 24.6 Å². The van der Waals surface area contributed by atoms with Gasteiger partial charge in [0.25, 0.3) is 0 Å². The minimum Gasteiger partial charge on any atom is -0.418 e. The summed E-state index contributed by atoms with van der Waals surface area (Å²) in [5.74, 6) is 2.85. The molecular formula is C8H19BF4S. The molecule has 0 aliphatic heterocycles. The summed E-state index contributed by atoms with van der Waals surface area (Å²) in [6.07, 6.45) is 5.56. The standard InChI is InChI=1S/C8H18S.BF4/c1-3-5-7-9-8-6-4-2;2-1(3,4)5/h3-8H2,1-2H3;/q;-1/p+1. The Morgan fingerprint density at radius 2 is 1.14 bits per heavy atom. The van der Waals surface area contributed by atoms with Gasteiger partial charge in [0.15, 0.2) is 0 Å². The molecule has 0 rings (SSSR count). The molecule has 0 heterocycles. The summed E-state index contributed by atoms with van der Waals surface area (Å²) in [5.41, 5.74) is 0. The largest absolute Gasteiger partial charge is 0.673 e. The highest BCUT2D eigenvalue weighted by Gasteiger charge is 2.20. The van der Waals surface area contributed by atoms with E-state index in [9.17, 15) is 17.3 Å². The highest BCUT2D eigenvalue weighted by Crippen LogP contribution is 2.06. The zero-order chi connectivity index (χ0) is 11.4. The van der Waals surface area contributed by atoms with Crippen LogP contribution in [0.25, 0.3) is 0 Å². The lowest BCUT2D eigenvalue weighted by Gasteiger charge is -1.94. The molecule has 0 unspecified atom stereocenters. The Kier molecular flexibility index (Phi) is 13.3. The van der Waals surface area contributed by atoms with Gasteiger partial charge in [-0.3, -0.25) is 0 Å². The van der Waals surface area contributed by atoms with E-state index in [2.05, 4.69) is 13.8 Å². The molecule has 0 aromatic heterocycles. The number of hydrogen-bond donors (Lipinski definition) is 0. The molecule has 0 atom stereocenters. The van der Waals surface area contributed by atoms with Crippen LogP contribution in [0.5, 0.6) is 0 Å². The van der Waals surface area contributed by atoms with Crippen LogP contribution in [0.15, 0.2) is 0 Å². The second kappa shape index (κ2) is 11.2. The third-order valence-electron chi connectivity index (χ3n) is 1.34. The molecule has 0 amide bonds.